The van der Waals surface area contributed by atoms with E-state index in [1.54, 1.807) is 6.07 Å². The smallest absolute Gasteiger partial charge is 0.169 e. The van der Waals surface area contributed by atoms with Crippen molar-refractivity contribution in [1.82, 2.24) is 4.98 Å². The number of carbonyl (C=O) groups is 1. The number of rotatable bonds is 1. The van der Waals surface area contributed by atoms with Crippen molar-refractivity contribution in [1.29, 1.82) is 0 Å². The minimum atomic E-state index is 0.435. The summed E-state index contributed by atoms with van der Waals surface area (Å²) in [6, 6.07) is 1.69. The summed E-state index contributed by atoms with van der Waals surface area (Å²) in [5.41, 5.74) is 0.435. The van der Waals surface area contributed by atoms with Crippen molar-refractivity contribution >= 4 is 40.5 Å². The summed E-state index contributed by atoms with van der Waals surface area (Å²) in [5, 5.41) is 0.551. The van der Waals surface area contributed by atoms with Crippen LogP contribution in [0.1, 0.15) is 10.5 Å². The maximum Gasteiger partial charge on any atom is 0.169 e. The summed E-state index contributed by atoms with van der Waals surface area (Å²) < 4.78 is 0.778. The van der Waals surface area contributed by atoms with Crippen molar-refractivity contribution < 1.29 is 4.79 Å². The van der Waals surface area contributed by atoms with Crippen LogP contribution in [0.5, 0.6) is 0 Å². The van der Waals surface area contributed by atoms with Gasteiger partial charge in [0.2, 0.25) is 0 Å². The lowest BCUT2D eigenvalue weighted by atomic mass is 10.4. The van der Waals surface area contributed by atoms with Crippen LogP contribution in [-0.4, -0.2) is 11.3 Å². The van der Waals surface area contributed by atoms with Gasteiger partial charge >= 0.3 is 0 Å². The molecule has 0 spiro atoms. The molecule has 0 saturated heterocycles. The molecule has 0 fully saturated rings. The highest BCUT2D eigenvalue weighted by molar-refractivity contribution is 14.1. The molecule has 1 aromatic rings. The van der Waals surface area contributed by atoms with Crippen LogP contribution in [0.3, 0.4) is 0 Å². The Kier molecular flexibility index (Phi) is 2.62. The predicted molar refractivity (Wildman–Crippen MR) is 47.4 cm³/mol. The molecule has 4 heteroatoms. The second-order valence-corrected chi connectivity index (χ2v) is 3.24. The average molecular weight is 267 g/mol. The number of aromatic nitrogens is 1. The van der Waals surface area contributed by atoms with E-state index in [1.165, 1.54) is 6.20 Å². The summed E-state index contributed by atoms with van der Waals surface area (Å²) in [7, 11) is 0. The van der Waals surface area contributed by atoms with E-state index in [4.69, 9.17) is 11.6 Å². The zero-order valence-electron chi connectivity index (χ0n) is 4.84. The Hall–Kier alpha value is -0.160. The molecule has 0 N–H and O–H groups in total. The monoisotopic (exact) mass is 267 g/mol. The maximum atomic E-state index is 10.2. The van der Waals surface area contributed by atoms with Gasteiger partial charge in [-0.15, -0.1) is 0 Å². The highest BCUT2D eigenvalue weighted by atomic mass is 127. The second kappa shape index (κ2) is 3.30. The van der Waals surface area contributed by atoms with E-state index >= 15 is 0 Å². The zero-order chi connectivity index (χ0) is 7.56. The van der Waals surface area contributed by atoms with E-state index in [1.807, 2.05) is 22.6 Å². The molecule has 1 rings (SSSR count). The quantitative estimate of drug-likeness (QED) is 0.576. The van der Waals surface area contributed by atoms with Crippen LogP contribution in [0.25, 0.3) is 0 Å². The van der Waals surface area contributed by atoms with Crippen molar-refractivity contribution in [3.8, 4) is 0 Å². The Morgan fingerprint density at radius 1 is 1.70 bits per heavy atom. The first-order valence-corrected chi connectivity index (χ1v) is 3.96. The fourth-order valence-electron chi connectivity index (χ4n) is 0.512. The normalized spacial score (nSPS) is 9.40. The molecule has 10 heavy (non-hydrogen) atoms. The van der Waals surface area contributed by atoms with E-state index in [0.717, 1.165) is 3.57 Å². The summed E-state index contributed by atoms with van der Waals surface area (Å²) >= 11 is 7.60. The third kappa shape index (κ3) is 1.67. The molecule has 0 aliphatic carbocycles. The SMILES string of the molecule is O=Cc1ncc(Cl)cc1I. The Balaban J connectivity index is 3.19. The number of hydrogen-bond acceptors (Lipinski definition) is 2. The lowest BCUT2D eigenvalue weighted by molar-refractivity contribution is 0.111. The molecular formula is C6H3ClINO. The van der Waals surface area contributed by atoms with E-state index in [9.17, 15) is 4.79 Å². The number of aldehydes is 1. The van der Waals surface area contributed by atoms with Gasteiger partial charge in [0.1, 0.15) is 5.69 Å². The van der Waals surface area contributed by atoms with Gasteiger partial charge in [0, 0.05) is 9.77 Å². The highest BCUT2D eigenvalue weighted by Crippen LogP contribution is 2.13. The molecule has 0 aliphatic heterocycles. The molecule has 0 aromatic carbocycles. The molecule has 52 valence electrons. The highest BCUT2D eigenvalue weighted by Gasteiger charge is 1.98. The molecular weight excluding hydrogens is 264 g/mol. The Bertz CT molecular complexity index is 264. The van der Waals surface area contributed by atoms with Crippen LogP contribution in [-0.2, 0) is 0 Å². The predicted octanol–water partition coefficient (Wildman–Crippen LogP) is 2.15. The van der Waals surface area contributed by atoms with Gasteiger partial charge in [-0.3, -0.25) is 9.78 Å². The van der Waals surface area contributed by atoms with E-state index in [-0.39, 0.29) is 0 Å². The molecule has 0 amide bonds. The van der Waals surface area contributed by atoms with Crippen molar-refractivity contribution in [2.45, 2.75) is 0 Å². The molecule has 0 radical (unpaired) electrons. The van der Waals surface area contributed by atoms with Crippen molar-refractivity contribution in [2.75, 3.05) is 0 Å². The molecule has 1 aromatic heterocycles. The zero-order valence-corrected chi connectivity index (χ0v) is 7.76. The summed E-state index contributed by atoms with van der Waals surface area (Å²) in [6.07, 6.45) is 2.16. The van der Waals surface area contributed by atoms with Gasteiger partial charge in [-0.1, -0.05) is 11.6 Å². The van der Waals surface area contributed by atoms with Gasteiger partial charge in [-0.25, -0.2) is 0 Å². The molecule has 0 unspecified atom stereocenters. The fraction of sp³-hybridized carbons (Fsp3) is 0. The summed E-state index contributed by atoms with van der Waals surface area (Å²) in [4.78, 5) is 14.0. The summed E-state index contributed by atoms with van der Waals surface area (Å²) in [5.74, 6) is 0. The lowest BCUT2D eigenvalue weighted by Gasteiger charge is -1.93. The van der Waals surface area contributed by atoms with Crippen LogP contribution < -0.4 is 0 Å². The van der Waals surface area contributed by atoms with E-state index in [0.29, 0.717) is 17.0 Å². The number of pyridine rings is 1. The minimum absolute atomic E-state index is 0.435. The largest absolute Gasteiger partial charge is 0.296 e. The summed E-state index contributed by atoms with van der Waals surface area (Å²) in [6.45, 7) is 0. The van der Waals surface area contributed by atoms with E-state index in [2.05, 4.69) is 4.98 Å². The standard InChI is InChI=1S/C6H3ClINO/c7-4-1-5(8)6(3-10)9-2-4/h1-3H. The van der Waals surface area contributed by atoms with Gasteiger partial charge in [-0.05, 0) is 28.7 Å². The second-order valence-electron chi connectivity index (χ2n) is 1.64. The van der Waals surface area contributed by atoms with Gasteiger partial charge in [0.05, 0.1) is 5.02 Å². The topological polar surface area (TPSA) is 30.0 Å². The van der Waals surface area contributed by atoms with Gasteiger partial charge in [0.15, 0.2) is 6.29 Å². The van der Waals surface area contributed by atoms with Crippen LogP contribution in [0.15, 0.2) is 12.3 Å². The Morgan fingerprint density at radius 3 is 2.90 bits per heavy atom. The average Bonchev–Trinajstić information content (AvgIpc) is 1.88. The number of hydrogen-bond donors (Lipinski definition) is 0. The molecule has 2 nitrogen and oxygen atoms in total. The fourth-order valence-corrected chi connectivity index (χ4v) is 1.46. The Morgan fingerprint density at radius 2 is 2.40 bits per heavy atom. The van der Waals surface area contributed by atoms with Gasteiger partial charge in [-0.2, -0.15) is 0 Å². The molecule has 1 heterocycles. The first-order valence-electron chi connectivity index (χ1n) is 2.50. The first-order chi connectivity index (χ1) is 4.74. The van der Waals surface area contributed by atoms with Crippen LogP contribution in [0, 0.1) is 3.57 Å². The molecule has 0 bridgehead atoms. The minimum Gasteiger partial charge on any atom is -0.296 e. The van der Waals surface area contributed by atoms with Crippen LogP contribution in [0.4, 0.5) is 0 Å². The number of nitrogens with zero attached hydrogens (tertiary/aromatic N) is 1. The van der Waals surface area contributed by atoms with Crippen molar-refractivity contribution in [3.05, 3.63) is 26.5 Å². The third-order valence-corrected chi connectivity index (χ3v) is 2.02. The number of carbonyl (C=O) groups excluding carboxylic acids is 1. The van der Waals surface area contributed by atoms with Crippen molar-refractivity contribution in [3.63, 3.8) is 0 Å². The van der Waals surface area contributed by atoms with Gasteiger partial charge < -0.3 is 0 Å². The van der Waals surface area contributed by atoms with Crippen LogP contribution >= 0.6 is 34.2 Å². The van der Waals surface area contributed by atoms with Crippen molar-refractivity contribution in [2.24, 2.45) is 0 Å². The maximum absolute atomic E-state index is 10.2. The first kappa shape index (κ1) is 7.94. The molecule has 0 aliphatic rings. The third-order valence-electron chi connectivity index (χ3n) is 0.948. The van der Waals surface area contributed by atoms with Gasteiger partial charge in [0.25, 0.3) is 0 Å². The van der Waals surface area contributed by atoms with E-state index < -0.39 is 0 Å². The number of halogens is 2. The molecule has 0 saturated carbocycles. The van der Waals surface area contributed by atoms with Crippen LogP contribution in [0.2, 0.25) is 5.02 Å². The lowest BCUT2D eigenvalue weighted by Crippen LogP contribution is -1.89. The Labute approximate surface area is 76.7 Å². The molecule has 0 atom stereocenters.